The first-order valence-corrected chi connectivity index (χ1v) is 8.44. The van der Waals surface area contributed by atoms with Crippen LogP contribution in [0.2, 0.25) is 0 Å². The Morgan fingerprint density at radius 1 is 1.38 bits per heavy atom. The van der Waals surface area contributed by atoms with E-state index >= 15 is 0 Å². The Morgan fingerprint density at radius 2 is 2.14 bits per heavy atom. The van der Waals surface area contributed by atoms with E-state index in [-0.39, 0.29) is 31.8 Å². The lowest BCUT2D eigenvalue weighted by Crippen LogP contribution is -2.30. The average molecular weight is 316 g/mol. The molecular formula is C11H19B2O7P. The van der Waals surface area contributed by atoms with Crippen molar-refractivity contribution in [3.63, 3.8) is 0 Å². The van der Waals surface area contributed by atoms with Crippen LogP contribution in [0.5, 0.6) is 0 Å². The molecule has 116 valence electrons. The topological polar surface area (TPSA) is 83.5 Å². The molecule has 0 saturated carbocycles. The molecule has 2 heterocycles. The maximum absolute atomic E-state index is 12.1. The van der Waals surface area contributed by atoms with Gasteiger partial charge in [0.25, 0.3) is 7.47 Å². The molecule has 4 radical (unpaired) electrons. The van der Waals surface area contributed by atoms with Gasteiger partial charge in [-0.05, 0) is 12.8 Å². The summed E-state index contributed by atoms with van der Waals surface area (Å²) in [5.74, 6) is 0. The van der Waals surface area contributed by atoms with Crippen molar-refractivity contribution in [1.82, 2.24) is 0 Å². The summed E-state index contributed by atoms with van der Waals surface area (Å²) in [6.45, 7) is 0.270. The Labute approximate surface area is 126 Å². The normalized spacial score (nSPS) is 39.4. The van der Waals surface area contributed by atoms with E-state index < -0.39 is 25.7 Å². The third-order valence-electron chi connectivity index (χ3n) is 3.56. The fourth-order valence-electron chi connectivity index (χ4n) is 2.47. The molecule has 6 atom stereocenters. The second-order valence-electron chi connectivity index (χ2n) is 5.08. The predicted molar refractivity (Wildman–Crippen MR) is 75.5 cm³/mol. The quantitative estimate of drug-likeness (QED) is 0.512. The highest BCUT2D eigenvalue weighted by atomic mass is 31.2. The van der Waals surface area contributed by atoms with Crippen LogP contribution in [0.3, 0.4) is 0 Å². The molecule has 0 aromatic carbocycles. The number of aliphatic hydroxyl groups excluding tert-OH is 1. The Balaban J connectivity index is 1.83. The second-order valence-corrected chi connectivity index (χ2v) is 6.63. The van der Waals surface area contributed by atoms with Crippen LogP contribution < -0.4 is 0 Å². The van der Waals surface area contributed by atoms with Gasteiger partial charge in [-0.1, -0.05) is 0 Å². The van der Waals surface area contributed by atoms with Gasteiger partial charge in [-0.2, -0.15) is 0 Å². The monoisotopic (exact) mass is 316 g/mol. The molecule has 0 spiro atoms. The lowest BCUT2D eigenvalue weighted by atomic mass is 9.96. The number of rotatable bonds is 7. The number of aliphatic hydroxyl groups is 1. The molecule has 0 aromatic heterocycles. The highest BCUT2D eigenvalue weighted by Crippen LogP contribution is 2.47. The molecule has 7 nitrogen and oxygen atoms in total. The molecule has 10 heteroatoms. The van der Waals surface area contributed by atoms with E-state index in [1.807, 2.05) is 0 Å². The Bertz CT molecular complexity index is 386. The van der Waals surface area contributed by atoms with Crippen LogP contribution >= 0.6 is 7.47 Å². The van der Waals surface area contributed by atoms with Gasteiger partial charge < -0.3 is 28.4 Å². The SMILES string of the molecule is [B][C@H]1CC(O[P@@]([B])(=O)OC[C@H]2OCCC2OC)[C@@H](CO)O1. The zero-order valence-electron chi connectivity index (χ0n) is 11.9. The summed E-state index contributed by atoms with van der Waals surface area (Å²) >= 11 is 0. The van der Waals surface area contributed by atoms with E-state index in [1.54, 1.807) is 7.11 Å². The van der Waals surface area contributed by atoms with E-state index in [0.717, 1.165) is 6.42 Å². The molecule has 0 amide bonds. The van der Waals surface area contributed by atoms with Gasteiger partial charge in [0.15, 0.2) is 0 Å². The second kappa shape index (κ2) is 7.59. The standard InChI is InChI=1S/C11H19B2O7P/c1-16-7-2-3-17-10(7)6-18-21(13,15)20-8-4-11(12)19-9(8)5-14/h7-11,14H,2-6H2,1H3/t7?,8?,9-,10-,11-,21+/m1/s1. The third-order valence-corrected chi connectivity index (χ3v) is 4.64. The van der Waals surface area contributed by atoms with Gasteiger partial charge in [0.1, 0.15) is 20.1 Å². The van der Waals surface area contributed by atoms with Gasteiger partial charge >= 0.3 is 0 Å². The van der Waals surface area contributed by atoms with Crippen molar-refractivity contribution in [1.29, 1.82) is 0 Å². The minimum absolute atomic E-state index is 0.00963. The first kappa shape index (κ1) is 17.5. The van der Waals surface area contributed by atoms with Crippen molar-refractivity contribution >= 4 is 22.9 Å². The molecule has 2 aliphatic heterocycles. The van der Waals surface area contributed by atoms with Crippen LogP contribution in [-0.4, -0.2) is 77.9 Å². The minimum atomic E-state index is -3.79. The van der Waals surface area contributed by atoms with Crippen molar-refractivity contribution in [3.8, 4) is 0 Å². The highest BCUT2D eigenvalue weighted by Gasteiger charge is 2.38. The minimum Gasteiger partial charge on any atom is -0.394 e. The van der Waals surface area contributed by atoms with Crippen LogP contribution in [0, 0.1) is 0 Å². The summed E-state index contributed by atoms with van der Waals surface area (Å²) in [6.07, 6.45) is -0.725. The molecule has 1 N–H and O–H groups in total. The highest BCUT2D eigenvalue weighted by molar-refractivity contribution is 7.79. The molecule has 0 bridgehead atoms. The van der Waals surface area contributed by atoms with Crippen molar-refractivity contribution in [2.75, 3.05) is 26.9 Å². The Hall–Kier alpha value is 0.120. The summed E-state index contributed by atoms with van der Waals surface area (Å²) in [7, 11) is 8.95. The van der Waals surface area contributed by atoms with Gasteiger partial charge in [0, 0.05) is 19.7 Å². The van der Waals surface area contributed by atoms with E-state index in [0.29, 0.717) is 6.61 Å². The molecule has 2 rings (SSSR count). The Kier molecular flexibility index (Phi) is 6.32. The van der Waals surface area contributed by atoms with Gasteiger partial charge in [-0.25, -0.2) is 0 Å². The van der Waals surface area contributed by atoms with Gasteiger partial charge in [-0.15, -0.1) is 0 Å². The van der Waals surface area contributed by atoms with Crippen molar-refractivity contribution < 1.29 is 32.9 Å². The zero-order chi connectivity index (χ0) is 15.5. The summed E-state index contributed by atoms with van der Waals surface area (Å²) in [4.78, 5) is 0. The van der Waals surface area contributed by atoms with Crippen molar-refractivity contribution in [2.24, 2.45) is 0 Å². The number of hydrogen-bond donors (Lipinski definition) is 1. The molecule has 21 heavy (non-hydrogen) atoms. The molecule has 0 aliphatic carbocycles. The molecule has 2 saturated heterocycles. The molecule has 2 aliphatic rings. The maximum atomic E-state index is 12.1. The third kappa shape index (κ3) is 4.79. The fourth-order valence-corrected chi connectivity index (χ4v) is 3.49. The lowest BCUT2D eigenvalue weighted by molar-refractivity contribution is -0.0194. The van der Waals surface area contributed by atoms with Crippen LogP contribution in [0.25, 0.3) is 0 Å². The van der Waals surface area contributed by atoms with Gasteiger partial charge in [0.2, 0.25) is 7.57 Å². The van der Waals surface area contributed by atoms with Crippen LogP contribution in [0.15, 0.2) is 0 Å². The number of methoxy groups -OCH3 is 1. The van der Waals surface area contributed by atoms with E-state index in [2.05, 4.69) is 0 Å². The van der Waals surface area contributed by atoms with Crippen molar-refractivity contribution in [2.45, 2.75) is 43.3 Å². The number of hydrogen-bond acceptors (Lipinski definition) is 7. The predicted octanol–water partition coefficient (Wildman–Crippen LogP) is -0.256. The van der Waals surface area contributed by atoms with Gasteiger partial charge in [-0.3, -0.25) is 4.57 Å². The summed E-state index contributed by atoms with van der Waals surface area (Å²) in [5, 5.41) is 9.15. The van der Waals surface area contributed by atoms with E-state index in [9.17, 15) is 4.57 Å². The first-order chi connectivity index (χ1) is 9.95. The average Bonchev–Trinajstić information content (AvgIpc) is 3.02. The summed E-state index contributed by atoms with van der Waals surface area (Å²) in [6, 6.07) is -0.580. The number of ether oxygens (including phenoxy) is 3. The van der Waals surface area contributed by atoms with Crippen LogP contribution in [0.1, 0.15) is 12.8 Å². The summed E-state index contributed by atoms with van der Waals surface area (Å²) < 4.78 is 38.4. The summed E-state index contributed by atoms with van der Waals surface area (Å²) in [5.41, 5.74) is 0. The van der Waals surface area contributed by atoms with E-state index in [1.165, 1.54) is 0 Å². The molecule has 0 aromatic rings. The molecule has 2 fully saturated rings. The fraction of sp³-hybridized carbons (Fsp3) is 1.00. The maximum Gasteiger partial charge on any atom is 0.264 e. The molecular weight excluding hydrogens is 297 g/mol. The lowest BCUT2D eigenvalue weighted by Gasteiger charge is -2.24. The molecule has 2 unspecified atom stereocenters. The van der Waals surface area contributed by atoms with Crippen LogP contribution in [-0.2, 0) is 27.8 Å². The van der Waals surface area contributed by atoms with Crippen molar-refractivity contribution in [3.05, 3.63) is 0 Å². The van der Waals surface area contributed by atoms with Crippen LogP contribution in [0.4, 0.5) is 0 Å². The smallest absolute Gasteiger partial charge is 0.264 e. The zero-order valence-corrected chi connectivity index (χ0v) is 12.8. The van der Waals surface area contributed by atoms with E-state index in [4.69, 9.17) is 43.8 Å². The largest absolute Gasteiger partial charge is 0.394 e. The first-order valence-electron chi connectivity index (χ1n) is 6.83. The van der Waals surface area contributed by atoms with Gasteiger partial charge in [0.05, 0.1) is 25.4 Å². The Morgan fingerprint density at radius 3 is 2.81 bits per heavy atom.